The van der Waals surface area contributed by atoms with E-state index >= 15 is 0 Å². The van der Waals surface area contributed by atoms with Gasteiger partial charge in [0.1, 0.15) is 6.61 Å². The summed E-state index contributed by atoms with van der Waals surface area (Å²) in [5.74, 6) is 3.55. The molecule has 1 saturated heterocycles. The molecule has 0 aromatic heterocycles. The summed E-state index contributed by atoms with van der Waals surface area (Å²) in [4.78, 5) is 13.7. The molecule has 0 aromatic rings. The zero-order valence-corrected chi connectivity index (χ0v) is 9.60. The van der Waals surface area contributed by atoms with Gasteiger partial charge in [0, 0.05) is 6.04 Å². The van der Waals surface area contributed by atoms with Crippen molar-refractivity contribution in [3.8, 4) is 0 Å². The molecule has 3 nitrogen and oxygen atoms in total. The van der Waals surface area contributed by atoms with Crippen LogP contribution in [0.3, 0.4) is 0 Å². The van der Waals surface area contributed by atoms with Gasteiger partial charge in [-0.1, -0.05) is 0 Å². The molecule has 1 heterocycles. The first-order chi connectivity index (χ1) is 7.81. The van der Waals surface area contributed by atoms with Gasteiger partial charge < -0.3 is 9.64 Å². The lowest BCUT2D eigenvalue weighted by Crippen LogP contribution is -2.56. The van der Waals surface area contributed by atoms with Crippen molar-refractivity contribution >= 4 is 6.09 Å². The van der Waals surface area contributed by atoms with Crippen LogP contribution in [0.1, 0.15) is 32.1 Å². The number of nitrogens with zero attached hydrogens (tertiary/aromatic N) is 1. The molecule has 4 saturated carbocycles. The Morgan fingerprint density at radius 1 is 1.00 bits per heavy atom. The van der Waals surface area contributed by atoms with Crippen LogP contribution in [0, 0.1) is 23.7 Å². The molecule has 5 fully saturated rings. The molecule has 0 atom stereocenters. The molecule has 0 radical (unpaired) electrons. The molecule has 3 heteroatoms. The Bertz CT molecular complexity index is 300. The first-order valence-electron chi connectivity index (χ1n) is 6.74. The number of carbonyl (C=O) groups excluding carboxylic acids is 1. The second kappa shape index (κ2) is 3.14. The van der Waals surface area contributed by atoms with Crippen LogP contribution in [-0.2, 0) is 4.74 Å². The van der Waals surface area contributed by atoms with Crippen LogP contribution in [0.25, 0.3) is 0 Å². The fourth-order valence-electron chi connectivity index (χ4n) is 5.08. The normalized spacial score (nSPS) is 49.9. The number of cyclic esters (lactones) is 1. The van der Waals surface area contributed by atoms with Crippen molar-refractivity contribution < 1.29 is 9.53 Å². The van der Waals surface area contributed by atoms with Crippen molar-refractivity contribution in [2.24, 2.45) is 23.7 Å². The SMILES string of the molecule is O=C1OCCN1C1C2CC3CC(C2)CC1C3. The van der Waals surface area contributed by atoms with Crippen LogP contribution in [0.4, 0.5) is 4.79 Å². The van der Waals surface area contributed by atoms with Gasteiger partial charge in [0.05, 0.1) is 6.54 Å². The first kappa shape index (κ1) is 9.32. The lowest BCUT2D eigenvalue weighted by molar-refractivity contribution is -0.0479. The maximum atomic E-state index is 11.7. The van der Waals surface area contributed by atoms with Crippen LogP contribution in [-0.4, -0.2) is 30.2 Å². The maximum absolute atomic E-state index is 11.7. The van der Waals surface area contributed by atoms with E-state index in [4.69, 9.17) is 4.74 Å². The lowest BCUT2D eigenvalue weighted by atomic mass is 9.54. The molecular weight excluding hydrogens is 202 g/mol. The largest absolute Gasteiger partial charge is 0.448 e. The van der Waals surface area contributed by atoms with Crippen molar-refractivity contribution in [1.82, 2.24) is 4.90 Å². The third kappa shape index (κ3) is 1.17. The van der Waals surface area contributed by atoms with Gasteiger partial charge in [-0.05, 0) is 55.8 Å². The molecule has 5 aliphatic rings. The van der Waals surface area contributed by atoms with Gasteiger partial charge in [0.2, 0.25) is 0 Å². The maximum Gasteiger partial charge on any atom is 0.410 e. The summed E-state index contributed by atoms with van der Waals surface area (Å²) in [6, 6.07) is 0.530. The molecule has 4 aliphatic carbocycles. The standard InChI is InChI=1S/C13H19NO2/c15-13-14(1-2-16-13)12-10-4-8-3-9(6-10)7-11(12)5-8/h8-12H,1-7H2. The second-order valence-electron chi connectivity index (χ2n) is 6.23. The van der Waals surface area contributed by atoms with Crippen LogP contribution in [0.5, 0.6) is 0 Å². The summed E-state index contributed by atoms with van der Waals surface area (Å²) in [6.45, 7) is 1.45. The van der Waals surface area contributed by atoms with Crippen LogP contribution in [0.2, 0.25) is 0 Å². The molecule has 4 bridgehead atoms. The van der Waals surface area contributed by atoms with E-state index in [1.807, 2.05) is 4.90 Å². The Hall–Kier alpha value is -0.730. The molecule has 0 spiro atoms. The zero-order chi connectivity index (χ0) is 10.7. The number of rotatable bonds is 1. The minimum Gasteiger partial charge on any atom is -0.448 e. The average molecular weight is 221 g/mol. The Morgan fingerprint density at radius 3 is 2.12 bits per heavy atom. The Morgan fingerprint density at radius 2 is 1.62 bits per heavy atom. The van der Waals surface area contributed by atoms with E-state index in [1.54, 1.807) is 0 Å². The predicted octanol–water partition coefficient (Wildman–Crippen LogP) is 2.26. The van der Waals surface area contributed by atoms with Gasteiger partial charge in [0.15, 0.2) is 0 Å². The van der Waals surface area contributed by atoms with Crippen molar-refractivity contribution in [2.45, 2.75) is 38.1 Å². The van der Waals surface area contributed by atoms with E-state index < -0.39 is 0 Å². The summed E-state index contributed by atoms with van der Waals surface area (Å²) >= 11 is 0. The first-order valence-corrected chi connectivity index (χ1v) is 6.74. The molecule has 88 valence electrons. The number of hydrogen-bond acceptors (Lipinski definition) is 2. The Balaban J connectivity index is 1.62. The summed E-state index contributed by atoms with van der Waals surface area (Å²) in [5, 5.41) is 0. The fraction of sp³-hybridized carbons (Fsp3) is 0.923. The lowest BCUT2D eigenvalue weighted by Gasteiger charge is -2.56. The van der Waals surface area contributed by atoms with Gasteiger partial charge in [-0.3, -0.25) is 0 Å². The Labute approximate surface area is 96.1 Å². The van der Waals surface area contributed by atoms with E-state index in [0.29, 0.717) is 12.6 Å². The molecule has 1 amide bonds. The monoisotopic (exact) mass is 221 g/mol. The van der Waals surface area contributed by atoms with Crippen molar-refractivity contribution in [3.05, 3.63) is 0 Å². The van der Waals surface area contributed by atoms with Gasteiger partial charge in [-0.15, -0.1) is 0 Å². The van der Waals surface area contributed by atoms with Crippen LogP contribution >= 0.6 is 0 Å². The summed E-state index contributed by atoms with van der Waals surface area (Å²) in [6.07, 6.45) is 6.94. The number of hydrogen-bond donors (Lipinski definition) is 0. The third-order valence-electron chi connectivity index (χ3n) is 5.33. The summed E-state index contributed by atoms with van der Waals surface area (Å²) in [7, 11) is 0. The minimum atomic E-state index is -0.0440. The number of amides is 1. The number of carbonyl (C=O) groups is 1. The van der Waals surface area contributed by atoms with E-state index in [0.717, 1.165) is 30.2 Å². The average Bonchev–Trinajstić information content (AvgIpc) is 2.63. The molecule has 0 N–H and O–H groups in total. The minimum absolute atomic E-state index is 0.0440. The van der Waals surface area contributed by atoms with Crippen LogP contribution in [0.15, 0.2) is 0 Å². The van der Waals surface area contributed by atoms with Crippen molar-refractivity contribution in [3.63, 3.8) is 0 Å². The third-order valence-corrected chi connectivity index (χ3v) is 5.33. The van der Waals surface area contributed by atoms with E-state index in [1.165, 1.54) is 32.1 Å². The van der Waals surface area contributed by atoms with E-state index in [9.17, 15) is 4.79 Å². The topological polar surface area (TPSA) is 29.5 Å². The highest BCUT2D eigenvalue weighted by molar-refractivity contribution is 5.70. The quantitative estimate of drug-likeness (QED) is 0.679. The molecule has 5 rings (SSSR count). The second-order valence-corrected chi connectivity index (χ2v) is 6.23. The van der Waals surface area contributed by atoms with Crippen molar-refractivity contribution in [2.75, 3.05) is 13.2 Å². The molecule has 1 aliphatic heterocycles. The zero-order valence-electron chi connectivity index (χ0n) is 9.60. The molecular formula is C13H19NO2. The Kier molecular flexibility index (Phi) is 1.83. The molecule has 0 aromatic carbocycles. The van der Waals surface area contributed by atoms with Gasteiger partial charge >= 0.3 is 6.09 Å². The van der Waals surface area contributed by atoms with Gasteiger partial charge in [-0.2, -0.15) is 0 Å². The fourth-order valence-corrected chi connectivity index (χ4v) is 5.08. The summed E-state index contributed by atoms with van der Waals surface area (Å²) < 4.78 is 5.11. The highest BCUT2D eigenvalue weighted by Gasteiger charge is 2.51. The predicted molar refractivity (Wildman–Crippen MR) is 58.9 cm³/mol. The molecule has 16 heavy (non-hydrogen) atoms. The highest BCUT2D eigenvalue weighted by atomic mass is 16.6. The van der Waals surface area contributed by atoms with Crippen LogP contribution < -0.4 is 0 Å². The molecule has 0 unspecified atom stereocenters. The number of ether oxygens (including phenoxy) is 1. The van der Waals surface area contributed by atoms with E-state index in [-0.39, 0.29) is 6.09 Å². The van der Waals surface area contributed by atoms with Crippen molar-refractivity contribution in [1.29, 1.82) is 0 Å². The summed E-state index contributed by atoms with van der Waals surface area (Å²) in [5.41, 5.74) is 0. The van der Waals surface area contributed by atoms with Gasteiger partial charge in [0.25, 0.3) is 0 Å². The highest BCUT2D eigenvalue weighted by Crippen LogP contribution is 2.55. The smallest absolute Gasteiger partial charge is 0.410 e. The van der Waals surface area contributed by atoms with E-state index in [2.05, 4.69) is 0 Å². The van der Waals surface area contributed by atoms with Gasteiger partial charge in [-0.25, -0.2) is 4.79 Å².